The Morgan fingerprint density at radius 3 is 2.72 bits per heavy atom. The molecule has 2 bridgehead atoms. The standard InChI is InChI=1S/C15H19NO2/c1-16-10-11-7-13(16)9-14(8-11)18-15(17)12-5-3-2-4-6-12/h2-6,11,13-14H,7-10H2,1H3/t11-,13+,14-/m1/s1. The number of ether oxygens (including phenoxy) is 1. The van der Waals surface area contributed by atoms with Gasteiger partial charge in [-0.1, -0.05) is 18.2 Å². The van der Waals surface area contributed by atoms with E-state index in [2.05, 4.69) is 11.9 Å². The summed E-state index contributed by atoms with van der Waals surface area (Å²) in [4.78, 5) is 14.4. The largest absolute Gasteiger partial charge is 0.459 e. The molecule has 0 aromatic heterocycles. The molecule has 1 aliphatic heterocycles. The third kappa shape index (κ3) is 2.27. The Bertz CT molecular complexity index is 429. The molecular formula is C15H19NO2. The van der Waals surface area contributed by atoms with Gasteiger partial charge in [-0.3, -0.25) is 0 Å². The average Bonchev–Trinajstić information content (AvgIpc) is 2.64. The van der Waals surface area contributed by atoms with Gasteiger partial charge in [-0.2, -0.15) is 0 Å². The van der Waals surface area contributed by atoms with Crippen molar-refractivity contribution in [2.24, 2.45) is 5.92 Å². The SMILES string of the molecule is CN1C[C@H]2C[C@@H](OC(=O)c3ccccc3)C[C@@H]1C2. The van der Waals surface area contributed by atoms with Crippen LogP contribution < -0.4 is 0 Å². The van der Waals surface area contributed by atoms with Crippen molar-refractivity contribution in [1.82, 2.24) is 4.90 Å². The maximum atomic E-state index is 12.0. The van der Waals surface area contributed by atoms with Crippen molar-refractivity contribution in [3.05, 3.63) is 35.9 Å². The maximum absolute atomic E-state index is 12.0. The monoisotopic (exact) mass is 245 g/mol. The highest BCUT2D eigenvalue weighted by molar-refractivity contribution is 5.89. The van der Waals surface area contributed by atoms with Crippen molar-refractivity contribution in [1.29, 1.82) is 0 Å². The molecule has 1 saturated heterocycles. The summed E-state index contributed by atoms with van der Waals surface area (Å²) in [5.41, 5.74) is 0.656. The molecule has 1 aromatic carbocycles. The second kappa shape index (κ2) is 4.73. The molecule has 3 heteroatoms. The van der Waals surface area contributed by atoms with Gasteiger partial charge in [-0.05, 0) is 44.4 Å². The van der Waals surface area contributed by atoms with Gasteiger partial charge in [0.05, 0.1) is 5.56 Å². The van der Waals surface area contributed by atoms with Crippen LogP contribution in [0, 0.1) is 5.92 Å². The lowest BCUT2D eigenvalue weighted by atomic mass is 9.88. The molecular weight excluding hydrogens is 226 g/mol. The Balaban J connectivity index is 1.63. The predicted molar refractivity (Wildman–Crippen MR) is 69.4 cm³/mol. The fourth-order valence-electron chi connectivity index (χ4n) is 3.30. The molecule has 0 N–H and O–H groups in total. The predicted octanol–water partition coefficient (Wildman–Crippen LogP) is 2.33. The van der Waals surface area contributed by atoms with E-state index in [1.165, 1.54) is 6.42 Å². The molecule has 1 aliphatic carbocycles. The lowest BCUT2D eigenvalue weighted by Gasteiger charge is -2.28. The molecule has 1 saturated carbocycles. The van der Waals surface area contributed by atoms with Gasteiger partial charge in [0.1, 0.15) is 6.10 Å². The van der Waals surface area contributed by atoms with Crippen molar-refractivity contribution in [2.75, 3.05) is 13.6 Å². The molecule has 96 valence electrons. The normalized spacial score (nSPS) is 31.3. The van der Waals surface area contributed by atoms with Crippen molar-refractivity contribution < 1.29 is 9.53 Å². The number of rotatable bonds is 2. The Kier molecular flexibility index (Phi) is 3.08. The van der Waals surface area contributed by atoms with Gasteiger partial charge in [0, 0.05) is 12.6 Å². The summed E-state index contributed by atoms with van der Waals surface area (Å²) in [6.45, 7) is 1.16. The van der Waals surface area contributed by atoms with Gasteiger partial charge in [-0.25, -0.2) is 4.79 Å². The lowest BCUT2D eigenvalue weighted by Crippen LogP contribution is -2.32. The number of hydrogen-bond acceptors (Lipinski definition) is 3. The van der Waals surface area contributed by atoms with Gasteiger partial charge in [0.2, 0.25) is 0 Å². The summed E-state index contributed by atoms with van der Waals surface area (Å²) in [5, 5.41) is 0. The third-order valence-electron chi connectivity index (χ3n) is 4.19. The number of likely N-dealkylation sites (tertiary alicyclic amines) is 1. The minimum atomic E-state index is -0.176. The number of fused-ring (bicyclic) bond motifs is 2. The van der Waals surface area contributed by atoms with Gasteiger partial charge in [-0.15, -0.1) is 0 Å². The molecule has 1 aromatic rings. The first-order valence-corrected chi connectivity index (χ1v) is 6.68. The van der Waals surface area contributed by atoms with Crippen LogP contribution in [-0.4, -0.2) is 36.6 Å². The van der Waals surface area contributed by atoms with Crippen LogP contribution in [0.25, 0.3) is 0 Å². The van der Waals surface area contributed by atoms with Gasteiger partial charge >= 0.3 is 5.97 Å². The minimum absolute atomic E-state index is 0.103. The lowest BCUT2D eigenvalue weighted by molar-refractivity contribution is 0.0148. The Hall–Kier alpha value is -1.35. The zero-order valence-corrected chi connectivity index (χ0v) is 10.7. The molecule has 18 heavy (non-hydrogen) atoms. The van der Waals surface area contributed by atoms with Gasteiger partial charge in [0.25, 0.3) is 0 Å². The van der Waals surface area contributed by atoms with Crippen LogP contribution in [0.2, 0.25) is 0 Å². The first kappa shape index (κ1) is 11.7. The van der Waals surface area contributed by atoms with E-state index in [4.69, 9.17) is 4.74 Å². The molecule has 3 rings (SSSR count). The molecule has 0 radical (unpaired) electrons. The number of hydrogen-bond donors (Lipinski definition) is 0. The van der Waals surface area contributed by atoms with Crippen molar-refractivity contribution >= 4 is 5.97 Å². The number of carbonyl (C=O) groups excluding carboxylic acids is 1. The molecule has 0 unspecified atom stereocenters. The van der Waals surface area contributed by atoms with Crippen LogP contribution >= 0.6 is 0 Å². The average molecular weight is 245 g/mol. The second-order valence-corrected chi connectivity index (χ2v) is 5.56. The van der Waals surface area contributed by atoms with Crippen LogP contribution in [0.5, 0.6) is 0 Å². The van der Waals surface area contributed by atoms with E-state index in [0.717, 1.165) is 19.4 Å². The maximum Gasteiger partial charge on any atom is 0.338 e. The first-order valence-electron chi connectivity index (χ1n) is 6.68. The zero-order valence-electron chi connectivity index (χ0n) is 10.7. The van der Waals surface area contributed by atoms with E-state index in [1.807, 2.05) is 30.3 Å². The van der Waals surface area contributed by atoms with Crippen LogP contribution in [0.4, 0.5) is 0 Å². The minimum Gasteiger partial charge on any atom is -0.459 e. The molecule has 2 fully saturated rings. The quantitative estimate of drug-likeness (QED) is 0.749. The zero-order chi connectivity index (χ0) is 12.5. The van der Waals surface area contributed by atoms with Gasteiger partial charge < -0.3 is 9.64 Å². The van der Waals surface area contributed by atoms with Gasteiger partial charge in [0.15, 0.2) is 0 Å². The number of nitrogens with zero attached hydrogens (tertiary/aromatic N) is 1. The fourth-order valence-corrected chi connectivity index (χ4v) is 3.30. The van der Waals surface area contributed by atoms with E-state index in [0.29, 0.717) is 17.5 Å². The second-order valence-electron chi connectivity index (χ2n) is 5.56. The number of carbonyl (C=O) groups is 1. The molecule has 3 atom stereocenters. The third-order valence-corrected chi connectivity index (χ3v) is 4.19. The summed E-state index contributed by atoms with van der Waals surface area (Å²) in [6, 6.07) is 9.88. The molecule has 0 spiro atoms. The summed E-state index contributed by atoms with van der Waals surface area (Å²) >= 11 is 0. The molecule has 0 amide bonds. The van der Waals surface area contributed by atoms with E-state index >= 15 is 0 Å². The highest BCUT2D eigenvalue weighted by atomic mass is 16.5. The topological polar surface area (TPSA) is 29.5 Å². The Labute approximate surface area is 108 Å². The summed E-state index contributed by atoms with van der Waals surface area (Å²) in [6.07, 6.45) is 3.40. The van der Waals surface area contributed by atoms with Crippen molar-refractivity contribution in [3.63, 3.8) is 0 Å². The van der Waals surface area contributed by atoms with Crippen LogP contribution in [0.1, 0.15) is 29.6 Å². The van der Waals surface area contributed by atoms with E-state index < -0.39 is 0 Å². The molecule has 3 nitrogen and oxygen atoms in total. The molecule has 2 aliphatic rings. The molecule has 1 heterocycles. The number of benzene rings is 1. The van der Waals surface area contributed by atoms with E-state index in [9.17, 15) is 4.79 Å². The fraction of sp³-hybridized carbons (Fsp3) is 0.533. The van der Waals surface area contributed by atoms with Crippen molar-refractivity contribution in [2.45, 2.75) is 31.4 Å². The smallest absolute Gasteiger partial charge is 0.338 e. The highest BCUT2D eigenvalue weighted by Gasteiger charge is 2.39. The Morgan fingerprint density at radius 1 is 1.22 bits per heavy atom. The summed E-state index contributed by atoms with van der Waals surface area (Å²) in [7, 11) is 2.17. The van der Waals surface area contributed by atoms with Crippen LogP contribution in [0.15, 0.2) is 30.3 Å². The van der Waals surface area contributed by atoms with E-state index in [1.54, 1.807) is 0 Å². The van der Waals surface area contributed by atoms with Crippen LogP contribution in [0.3, 0.4) is 0 Å². The summed E-state index contributed by atoms with van der Waals surface area (Å²) < 4.78 is 5.64. The number of esters is 1. The van der Waals surface area contributed by atoms with Crippen molar-refractivity contribution in [3.8, 4) is 0 Å². The van der Waals surface area contributed by atoms with Crippen LogP contribution in [-0.2, 0) is 4.74 Å². The highest BCUT2D eigenvalue weighted by Crippen LogP contribution is 2.36. The van der Waals surface area contributed by atoms with E-state index in [-0.39, 0.29) is 12.1 Å². The first-order chi connectivity index (χ1) is 8.72. The Morgan fingerprint density at radius 2 is 2.00 bits per heavy atom. The summed E-state index contributed by atoms with van der Waals surface area (Å²) in [5.74, 6) is 0.534.